The summed E-state index contributed by atoms with van der Waals surface area (Å²) in [5, 5.41) is 8.37. The molecular formula is C22H25N3O2. The Bertz CT molecular complexity index is 1000. The normalized spacial score (nSPS) is 11.1. The molecule has 0 spiro atoms. The van der Waals surface area contributed by atoms with Crippen molar-refractivity contribution in [3.05, 3.63) is 70.1 Å². The lowest BCUT2D eigenvalue weighted by Gasteiger charge is -2.12. The quantitative estimate of drug-likeness (QED) is 0.697. The molecule has 0 unspecified atom stereocenters. The number of anilines is 1. The number of amides is 1. The molecule has 1 N–H and O–H groups in total. The Morgan fingerprint density at radius 3 is 2.37 bits per heavy atom. The van der Waals surface area contributed by atoms with Crippen LogP contribution in [-0.2, 0) is 6.54 Å². The van der Waals surface area contributed by atoms with Crippen LogP contribution in [0.2, 0.25) is 0 Å². The van der Waals surface area contributed by atoms with E-state index in [9.17, 15) is 9.59 Å². The number of benzene rings is 2. The molecule has 0 aliphatic rings. The smallest absolute Gasteiger partial charge is 0.276 e. The van der Waals surface area contributed by atoms with Crippen molar-refractivity contribution in [2.75, 3.05) is 5.32 Å². The second-order valence-electron chi connectivity index (χ2n) is 7.01. The number of unbranched alkanes of at least 4 members (excludes halogenated alkanes) is 1. The van der Waals surface area contributed by atoms with Crippen LogP contribution in [0.4, 0.5) is 5.69 Å². The van der Waals surface area contributed by atoms with Crippen molar-refractivity contribution in [1.82, 2.24) is 9.78 Å². The average Bonchev–Trinajstić information content (AvgIpc) is 2.68. The number of hydrogen-bond acceptors (Lipinski definition) is 3. The molecule has 0 aliphatic heterocycles. The molecule has 0 saturated carbocycles. The molecule has 1 heterocycles. The van der Waals surface area contributed by atoms with E-state index >= 15 is 0 Å². The van der Waals surface area contributed by atoms with Crippen molar-refractivity contribution in [2.45, 2.75) is 46.1 Å². The summed E-state index contributed by atoms with van der Waals surface area (Å²) < 4.78 is 1.41. The summed E-state index contributed by atoms with van der Waals surface area (Å²) >= 11 is 0. The Kier molecular flexibility index (Phi) is 5.69. The van der Waals surface area contributed by atoms with Crippen molar-refractivity contribution in [1.29, 1.82) is 0 Å². The highest BCUT2D eigenvalue weighted by Gasteiger charge is 2.16. The van der Waals surface area contributed by atoms with Crippen LogP contribution in [0.15, 0.2) is 53.3 Å². The zero-order valence-electron chi connectivity index (χ0n) is 16.0. The first-order valence-corrected chi connectivity index (χ1v) is 9.42. The van der Waals surface area contributed by atoms with Crippen molar-refractivity contribution >= 4 is 22.4 Å². The Labute approximate surface area is 159 Å². The van der Waals surface area contributed by atoms with Gasteiger partial charge in [0.05, 0.1) is 5.39 Å². The maximum absolute atomic E-state index is 12.9. The number of hydrogen-bond donors (Lipinski definition) is 1. The first-order valence-electron chi connectivity index (χ1n) is 9.42. The van der Waals surface area contributed by atoms with E-state index < -0.39 is 0 Å². The lowest BCUT2D eigenvalue weighted by Crippen LogP contribution is -2.27. The standard InChI is InChI=1S/C22H25N3O2/c1-4-5-14-25-22(27)19-9-7-6-8-18(19)20(24-25)21(26)23-17-12-10-16(11-13-17)15(2)3/h6-13,15H,4-5,14H2,1-3H3,(H,23,26). The van der Waals surface area contributed by atoms with Crippen molar-refractivity contribution in [2.24, 2.45) is 0 Å². The molecule has 1 aromatic heterocycles. The number of rotatable bonds is 6. The lowest BCUT2D eigenvalue weighted by molar-refractivity contribution is 0.102. The number of fused-ring (bicyclic) bond motifs is 1. The van der Waals surface area contributed by atoms with Gasteiger partial charge in [-0.15, -0.1) is 0 Å². The minimum atomic E-state index is -0.311. The maximum Gasteiger partial charge on any atom is 0.276 e. The van der Waals surface area contributed by atoms with Gasteiger partial charge in [-0.25, -0.2) is 4.68 Å². The number of nitrogens with one attached hydrogen (secondary N) is 1. The van der Waals surface area contributed by atoms with Crippen molar-refractivity contribution in [3.63, 3.8) is 0 Å². The molecule has 1 amide bonds. The largest absolute Gasteiger partial charge is 0.321 e. The molecule has 3 aromatic rings. The van der Waals surface area contributed by atoms with Gasteiger partial charge in [0.2, 0.25) is 0 Å². The molecule has 3 rings (SSSR count). The van der Waals surface area contributed by atoms with Crippen LogP contribution in [0.5, 0.6) is 0 Å². The average molecular weight is 363 g/mol. The maximum atomic E-state index is 12.9. The summed E-state index contributed by atoms with van der Waals surface area (Å²) in [6.07, 6.45) is 1.79. The van der Waals surface area contributed by atoms with Crippen LogP contribution in [0.3, 0.4) is 0 Å². The third kappa shape index (κ3) is 4.08. The fourth-order valence-corrected chi connectivity index (χ4v) is 3.00. The van der Waals surface area contributed by atoms with Crippen molar-refractivity contribution in [3.8, 4) is 0 Å². The molecule has 0 aliphatic carbocycles. The van der Waals surface area contributed by atoms with E-state index in [-0.39, 0.29) is 17.2 Å². The molecule has 27 heavy (non-hydrogen) atoms. The predicted molar refractivity (Wildman–Crippen MR) is 109 cm³/mol. The van der Waals surface area contributed by atoms with E-state index in [4.69, 9.17) is 0 Å². The van der Waals surface area contributed by atoms with E-state index in [1.165, 1.54) is 10.2 Å². The molecule has 140 valence electrons. The minimum Gasteiger partial charge on any atom is -0.321 e. The summed E-state index contributed by atoms with van der Waals surface area (Å²) in [4.78, 5) is 25.5. The van der Waals surface area contributed by atoms with Gasteiger partial charge < -0.3 is 5.32 Å². The second kappa shape index (κ2) is 8.16. The van der Waals surface area contributed by atoms with Gasteiger partial charge in [0.1, 0.15) is 0 Å². The fraction of sp³-hybridized carbons (Fsp3) is 0.318. The number of aryl methyl sites for hydroxylation is 1. The first-order chi connectivity index (χ1) is 13.0. The Morgan fingerprint density at radius 2 is 1.74 bits per heavy atom. The SMILES string of the molecule is CCCCn1nc(C(=O)Nc2ccc(C(C)C)cc2)c2ccccc2c1=O. The molecule has 0 bridgehead atoms. The summed E-state index contributed by atoms with van der Waals surface area (Å²) in [5.41, 5.74) is 2.04. The third-order valence-electron chi connectivity index (χ3n) is 4.64. The van der Waals surface area contributed by atoms with E-state index in [2.05, 4.69) is 31.2 Å². The molecule has 0 saturated heterocycles. The van der Waals surface area contributed by atoms with E-state index in [1.807, 2.05) is 30.3 Å². The lowest BCUT2D eigenvalue weighted by atomic mass is 10.0. The topological polar surface area (TPSA) is 64.0 Å². The first kappa shape index (κ1) is 18.8. The summed E-state index contributed by atoms with van der Waals surface area (Å²) in [5.74, 6) is 0.122. The van der Waals surface area contributed by atoms with Gasteiger partial charge >= 0.3 is 0 Å². The fourth-order valence-electron chi connectivity index (χ4n) is 3.00. The van der Waals surface area contributed by atoms with E-state index in [0.29, 0.717) is 28.9 Å². The number of nitrogens with zero attached hydrogens (tertiary/aromatic N) is 2. The van der Waals surface area contributed by atoms with Crippen LogP contribution in [0.1, 0.15) is 55.6 Å². The van der Waals surface area contributed by atoms with Gasteiger partial charge in [0, 0.05) is 17.6 Å². The molecule has 0 atom stereocenters. The summed E-state index contributed by atoms with van der Waals surface area (Å²) in [6.45, 7) is 6.82. The Morgan fingerprint density at radius 1 is 1.07 bits per heavy atom. The van der Waals surface area contributed by atoms with Gasteiger partial charge in [-0.2, -0.15) is 5.10 Å². The van der Waals surface area contributed by atoms with Crippen LogP contribution in [0, 0.1) is 0 Å². The van der Waals surface area contributed by atoms with Crippen LogP contribution >= 0.6 is 0 Å². The van der Waals surface area contributed by atoms with Crippen LogP contribution in [0.25, 0.3) is 10.8 Å². The number of aromatic nitrogens is 2. The van der Waals surface area contributed by atoms with Gasteiger partial charge in [-0.1, -0.05) is 57.5 Å². The molecular weight excluding hydrogens is 338 g/mol. The van der Waals surface area contributed by atoms with Crippen LogP contribution in [-0.4, -0.2) is 15.7 Å². The van der Waals surface area contributed by atoms with Crippen molar-refractivity contribution < 1.29 is 4.79 Å². The van der Waals surface area contributed by atoms with E-state index in [0.717, 1.165) is 12.8 Å². The molecule has 5 nitrogen and oxygen atoms in total. The van der Waals surface area contributed by atoms with E-state index in [1.54, 1.807) is 18.2 Å². The number of carbonyl (C=O) groups is 1. The highest BCUT2D eigenvalue weighted by molar-refractivity contribution is 6.11. The van der Waals surface area contributed by atoms with Gasteiger partial charge in [0.15, 0.2) is 5.69 Å². The highest BCUT2D eigenvalue weighted by atomic mass is 16.2. The third-order valence-corrected chi connectivity index (χ3v) is 4.64. The zero-order valence-corrected chi connectivity index (χ0v) is 16.0. The Hall–Kier alpha value is -2.95. The Balaban J connectivity index is 1.98. The summed E-state index contributed by atoms with van der Waals surface area (Å²) in [6, 6.07) is 14.9. The monoisotopic (exact) mass is 363 g/mol. The van der Waals surface area contributed by atoms with Gasteiger partial charge in [-0.05, 0) is 36.1 Å². The summed E-state index contributed by atoms with van der Waals surface area (Å²) in [7, 11) is 0. The molecule has 0 fully saturated rings. The minimum absolute atomic E-state index is 0.156. The highest BCUT2D eigenvalue weighted by Crippen LogP contribution is 2.19. The molecule has 0 radical (unpaired) electrons. The number of carbonyl (C=O) groups excluding carboxylic acids is 1. The predicted octanol–water partition coefficient (Wildman–Crippen LogP) is 4.57. The van der Waals surface area contributed by atoms with Gasteiger partial charge in [-0.3, -0.25) is 9.59 Å². The zero-order chi connectivity index (χ0) is 19.4. The second-order valence-corrected chi connectivity index (χ2v) is 7.01. The molecule has 2 aromatic carbocycles. The van der Waals surface area contributed by atoms with Crippen LogP contribution < -0.4 is 10.9 Å². The molecule has 5 heteroatoms. The van der Waals surface area contributed by atoms with Gasteiger partial charge in [0.25, 0.3) is 11.5 Å².